The molecule has 3 heteroatoms. The van der Waals surface area contributed by atoms with E-state index in [4.69, 9.17) is 10.2 Å². The van der Waals surface area contributed by atoms with Crippen LogP contribution in [0.2, 0.25) is 0 Å². The second kappa shape index (κ2) is 7.28. The maximum atomic E-state index is 6.09. The van der Waals surface area contributed by atoms with Crippen LogP contribution in [0.3, 0.4) is 0 Å². The van der Waals surface area contributed by atoms with Crippen LogP contribution in [0.1, 0.15) is 63.5 Å². The van der Waals surface area contributed by atoms with Gasteiger partial charge in [0.25, 0.3) is 0 Å². The molecule has 1 unspecified atom stereocenters. The van der Waals surface area contributed by atoms with Crippen molar-refractivity contribution in [1.82, 2.24) is 4.90 Å². The van der Waals surface area contributed by atoms with Crippen LogP contribution < -0.4 is 5.73 Å². The molecule has 1 saturated carbocycles. The minimum Gasteiger partial charge on any atom is -0.465 e. The highest BCUT2D eigenvalue weighted by Gasteiger charge is 2.30. The Morgan fingerprint density at radius 2 is 2.00 bits per heavy atom. The zero-order valence-corrected chi connectivity index (χ0v) is 13.3. The van der Waals surface area contributed by atoms with Gasteiger partial charge in [0.1, 0.15) is 11.5 Å². The largest absolute Gasteiger partial charge is 0.465 e. The molecule has 2 N–H and O–H groups in total. The van der Waals surface area contributed by atoms with Crippen molar-refractivity contribution in [2.45, 2.75) is 65.0 Å². The lowest BCUT2D eigenvalue weighted by molar-refractivity contribution is 0.115. The quantitative estimate of drug-likeness (QED) is 0.823. The van der Waals surface area contributed by atoms with Gasteiger partial charge in [-0.1, -0.05) is 26.7 Å². The van der Waals surface area contributed by atoms with Gasteiger partial charge in [-0.2, -0.15) is 0 Å². The van der Waals surface area contributed by atoms with Gasteiger partial charge in [0.2, 0.25) is 0 Å². The fourth-order valence-corrected chi connectivity index (χ4v) is 3.28. The van der Waals surface area contributed by atoms with Crippen molar-refractivity contribution in [2.75, 3.05) is 13.1 Å². The molecule has 1 aromatic heterocycles. The summed E-state index contributed by atoms with van der Waals surface area (Å²) >= 11 is 0. The van der Waals surface area contributed by atoms with Gasteiger partial charge in [-0.25, -0.2) is 0 Å². The molecule has 1 aromatic rings. The Balaban J connectivity index is 2.13. The third-order valence-electron chi connectivity index (χ3n) is 4.47. The summed E-state index contributed by atoms with van der Waals surface area (Å²) in [4.78, 5) is 2.62. The van der Waals surface area contributed by atoms with E-state index >= 15 is 0 Å². The molecule has 1 aliphatic carbocycles. The molecule has 2 rings (SSSR count). The van der Waals surface area contributed by atoms with Crippen LogP contribution in [0, 0.1) is 12.8 Å². The van der Waals surface area contributed by atoms with Gasteiger partial charge >= 0.3 is 0 Å². The Morgan fingerprint density at radius 3 is 2.50 bits per heavy atom. The lowest BCUT2D eigenvalue weighted by atomic mass is 10.0. The Hall–Kier alpha value is -0.800. The first-order chi connectivity index (χ1) is 9.61. The molecule has 1 heterocycles. The summed E-state index contributed by atoms with van der Waals surface area (Å²) in [6.07, 6.45) is 6.57. The smallest absolute Gasteiger partial charge is 0.122 e. The molecule has 0 amide bonds. The molecule has 0 aromatic carbocycles. The Bertz CT molecular complexity index is 393. The van der Waals surface area contributed by atoms with E-state index in [0.29, 0.717) is 12.6 Å². The number of aryl methyl sites for hydroxylation is 1. The molecule has 0 aliphatic heterocycles. The molecule has 0 bridgehead atoms. The third kappa shape index (κ3) is 3.86. The number of hydrogen-bond donors (Lipinski definition) is 1. The third-order valence-corrected chi connectivity index (χ3v) is 4.47. The molecule has 1 atom stereocenters. The highest BCUT2D eigenvalue weighted by molar-refractivity contribution is 5.11. The van der Waals surface area contributed by atoms with Crippen molar-refractivity contribution >= 4 is 0 Å². The fourth-order valence-electron chi connectivity index (χ4n) is 3.28. The zero-order chi connectivity index (χ0) is 14.5. The van der Waals surface area contributed by atoms with Gasteiger partial charge in [-0.15, -0.1) is 0 Å². The lowest BCUT2D eigenvalue weighted by Gasteiger charge is -2.35. The Labute approximate surface area is 123 Å². The van der Waals surface area contributed by atoms with Crippen molar-refractivity contribution < 1.29 is 4.42 Å². The molecule has 0 saturated heterocycles. The summed E-state index contributed by atoms with van der Waals surface area (Å²) in [6.45, 7) is 8.36. The average Bonchev–Trinajstić information content (AvgIpc) is 3.05. The average molecular weight is 278 g/mol. The van der Waals surface area contributed by atoms with Gasteiger partial charge in [0.05, 0.1) is 6.04 Å². The fraction of sp³-hybridized carbons (Fsp3) is 0.765. The molecule has 114 valence electrons. The number of nitrogens with zero attached hydrogens (tertiary/aromatic N) is 1. The van der Waals surface area contributed by atoms with Gasteiger partial charge in [0, 0.05) is 12.6 Å². The van der Waals surface area contributed by atoms with Crippen LogP contribution in [-0.4, -0.2) is 24.0 Å². The van der Waals surface area contributed by atoms with Crippen molar-refractivity contribution in [3.05, 3.63) is 23.7 Å². The standard InChI is InChI=1S/C17H30N2O/c1-13(2)10-11-19(15-6-4-5-7-15)16(12-18)17-9-8-14(3)20-17/h8-9,13,15-16H,4-7,10-12,18H2,1-3H3. The van der Waals surface area contributed by atoms with Crippen molar-refractivity contribution in [3.8, 4) is 0 Å². The predicted octanol–water partition coefficient (Wildman–Crippen LogP) is 3.88. The summed E-state index contributed by atoms with van der Waals surface area (Å²) in [6, 6.07) is 5.08. The first-order valence-corrected chi connectivity index (χ1v) is 8.14. The molecule has 1 aliphatic rings. The van der Waals surface area contributed by atoms with E-state index in [2.05, 4.69) is 24.8 Å². The monoisotopic (exact) mass is 278 g/mol. The summed E-state index contributed by atoms with van der Waals surface area (Å²) < 4.78 is 5.86. The molecule has 0 spiro atoms. The highest BCUT2D eigenvalue weighted by Crippen LogP contribution is 2.32. The van der Waals surface area contributed by atoms with Crippen molar-refractivity contribution in [2.24, 2.45) is 11.7 Å². The van der Waals surface area contributed by atoms with Crippen LogP contribution in [-0.2, 0) is 0 Å². The Morgan fingerprint density at radius 1 is 1.30 bits per heavy atom. The van der Waals surface area contributed by atoms with Crippen LogP contribution in [0.25, 0.3) is 0 Å². The Kier molecular flexibility index (Phi) is 5.67. The van der Waals surface area contributed by atoms with Crippen molar-refractivity contribution in [3.63, 3.8) is 0 Å². The van der Waals surface area contributed by atoms with Gasteiger partial charge in [-0.3, -0.25) is 4.90 Å². The summed E-state index contributed by atoms with van der Waals surface area (Å²) in [5.41, 5.74) is 6.09. The maximum absolute atomic E-state index is 6.09. The number of nitrogens with two attached hydrogens (primary N) is 1. The predicted molar refractivity (Wildman–Crippen MR) is 83.7 cm³/mol. The highest BCUT2D eigenvalue weighted by atomic mass is 16.3. The van der Waals surface area contributed by atoms with Crippen LogP contribution in [0.4, 0.5) is 0 Å². The van der Waals surface area contributed by atoms with E-state index in [1.807, 2.05) is 13.0 Å². The van der Waals surface area contributed by atoms with Crippen LogP contribution in [0.5, 0.6) is 0 Å². The van der Waals surface area contributed by atoms with Gasteiger partial charge in [-0.05, 0) is 50.8 Å². The number of hydrogen-bond acceptors (Lipinski definition) is 3. The summed E-state index contributed by atoms with van der Waals surface area (Å²) in [5.74, 6) is 2.75. The first-order valence-electron chi connectivity index (χ1n) is 8.14. The van der Waals surface area contributed by atoms with Gasteiger partial charge < -0.3 is 10.2 Å². The van der Waals surface area contributed by atoms with Crippen molar-refractivity contribution in [1.29, 1.82) is 0 Å². The zero-order valence-electron chi connectivity index (χ0n) is 13.3. The number of rotatable bonds is 7. The molecule has 20 heavy (non-hydrogen) atoms. The SMILES string of the molecule is Cc1ccc(C(CN)N(CCC(C)C)C2CCCC2)o1. The van der Waals surface area contributed by atoms with Gasteiger partial charge in [0.15, 0.2) is 0 Å². The molecule has 1 fully saturated rings. The topological polar surface area (TPSA) is 42.4 Å². The minimum absolute atomic E-state index is 0.241. The second-order valence-corrected chi connectivity index (χ2v) is 6.56. The minimum atomic E-state index is 0.241. The van der Waals surface area contributed by atoms with E-state index in [1.165, 1.54) is 32.1 Å². The number of furan rings is 1. The van der Waals surface area contributed by atoms with Crippen LogP contribution >= 0.6 is 0 Å². The van der Waals surface area contributed by atoms with E-state index in [0.717, 1.165) is 24.0 Å². The summed E-state index contributed by atoms with van der Waals surface area (Å²) in [5, 5.41) is 0. The van der Waals surface area contributed by atoms with E-state index in [-0.39, 0.29) is 6.04 Å². The molecular weight excluding hydrogens is 248 g/mol. The van der Waals surface area contributed by atoms with E-state index in [9.17, 15) is 0 Å². The summed E-state index contributed by atoms with van der Waals surface area (Å²) in [7, 11) is 0. The lowest BCUT2D eigenvalue weighted by Crippen LogP contribution is -2.41. The van der Waals surface area contributed by atoms with E-state index < -0.39 is 0 Å². The maximum Gasteiger partial charge on any atom is 0.122 e. The van der Waals surface area contributed by atoms with Crippen LogP contribution in [0.15, 0.2) is 16.5 Å². The van der Waals surface area contributed by atoms with E-state index in [1.54, 1.807) is 0 Å². The second-order valence-electron chi connectivity index (χ2n) is 6.56. The molecule has 3 nitrogen and oxygen atoms in total. The normalized spacial score (nSPS) is 18.3. The first kappa shape index (κ1) is 15.6. The molecular formula is C17H30N2O. The molecule has 0 radical (unpaired) electrons.